The number of hydrogen-bond donors (Lipinski definition) is 0. The summed E-state index contributed by atoms with van der Waals surface area (Å²) in [5.74, 6) is 0. The van der Waals surface area contributed by atoms with Gasteiger partial charge in [-0.15, -0.1) is 0 Å². The highest BCUT2D eigenvalue weighted by Crippen LogP contribution is 2.30. The van der Waals surface area contributed by atoms with Crippen molar-refractivity contribution in [2.24, 2.45) is 0 Å². The molecule has 1 saturated heterocycles. The van der Waals surface area contributed by atoms with Crippen molar-refractivity contribution in [3.63, 3.8) is 0 Å². The molecule has 0 bridgehead atoms. The van der Waals surface area contributed by atoms with Gasteiger partial charge in [0.1, 0.15) is 0 Å². The fourth-order valence-electron chi connectivity index (χ4n) is 1.38. The lowest BCUT2D eigenvalue weighted by molar-refractivity contribution is 0.307. The van der Waals surface area contributed by atoms with Gasteiger partial charge in [-0.3, -0.25) is 0 Å². The molecule has 0 radical (unpaired) electrons. The van der Waals surface area contributed by atoms with Crippen molar-refractivity contribution in [3.8, 4) is 0 Å². The Morgan fingerprint density at radius 3 is 2.33 bits per heavy atom. The van der Waals surface area contributed by atoms with E-state index in [-0.39, 0.29) is 14.9 Å². The van der Waals surface area contributed by atoms with Crippen LogP contribution in [0.2, 0.25) is 18.6 Å². The second-order valence-electron chi connectivity index (χ2n) is 3.85. The largest absolute Gasteiger partial charge is 0.417 e. The SMILES string of the molecule is C.C.CC1CCCCO[Si]1(C)C. The average molecular weight is 190 g/mol. The lowest BCUT2D eigenvalue weighted by Gasteiger charge is -2.26. The van der Waals surface area contributed by atoms with Crippen LogP contribution in [0, 0.1) is 0 Å². The van der Waals surface area contributed by atoms with Gasteiger partial charge in [-0.05, 0) is 25.1 Å². The third-order valence-corrected chi connectivity index (χ3v) is 6.30. The minimum atomic E-state index is -1.24. The molecule has 12 heavy (non-hydrogen) atoms. The molecule has 0 aromatic carbocycles. The molecule has 0 saturated carbocycles. The monoisotopic (exact) mass is 190 g/mol. The van der Waals surface area contributed by atoms with Crippen LogP contribution in [0.15, 0.2) is 0 Å². The van der Waals surface area contributed by atoms with Crippen molar-refractivity contribution in [2.45, 2.75) is 59.7 Å². The molecule has 1 atom stereocenters. The van der Waals surface area contributed by atoms with E-state index in [9.17, 15) is 0 Å². The smallest absolute Gasteiger partial charge is 0.189 e. The maximum absolute atomic E-state index is 5.84. The molecule has 1 rings (SSSR count). The molecule has 0 aromatic heterocycles. The summed E-state index contributed by atoms with van der Waals surface area (Å²) in [6, 6.07) is 0. The number of hydrogen-bond acceptors (Lipinski definition) is 1. The third kappa shape index (κ3) is 3.72. The normalized spacial score (nSPS) is 27.8. The van der Waals surface area contributed by atoms with E-state index in [0.29, 0.717) is 0 Å². The summed E-state index contributed by atoms with van der Waals surface area (Å²) >= 11 is 0. The van der Waals surface area contributed by atoms with E-state index < -0.39 is 8.32 Å². The summed E-state index contributed by atoms with van der Waals surface area (Å²) < 4.78 is 5.84. The molecule has 0 aliphatic carbocycles. The van der Waals surface area contributed by atoms with E-state index in [1.807, 2.05) is 0 Å². The lowest BCUT2D eigenvalue weighted by atomic mass is 10.2. The van der Waals surface area contributed by atoms with Crippen molar-refractivity contribution in [3.05, 3.63) is 0 Å². The molecular weight excluding hydrogens is 164 g/mol. The minimum absolute atomic E-state index is 0. The second kappa shape index (κ2) is 5.76. The molecule has 1 aliphatic heterocycles. The summed E-state index contributed by atoms with van der Waals surface area (Å²) in [5.41, 5.74) is 0.856. The highest BCUT2D eigenvalue weighted by molar-refractivity contribution is 6.72. The van der Waals surface area contributed by atoms with Crippen LogP contribution < -0.4 is 0 Å². The highest BCUT2D eigenvalue weighted by Gasteiger charge is 2.31. The first kappa shape index (κ1) is 14.7. The Labute approximate surface area is 79.6 Å². The molecule has 0 N–H and O–H groups in total. The molecule has 1 aliphatic rings. The van der Waals surface area contributed by atoms with Crippen LogP contribution in [0.1, 0.15) is 41.0 Å². The topological polar surface area (TPSA) is 9.23 Å². The van der Waals surface area contributed by atoms with Crippen LogP contribution >= 0.6 is 0 Å². The molecular formula is C10H26OSi. The van der Waals surface area contributed by atoms with E-state index in [0.717, 1.165) is 12.1 Å². The van der Waals surface area contributed by atoms with E-state index >= 15 is 0 Å². The van der Waals surface area contributed by atoms with Gasteiger partial charge in [0.2, 0.25) is 0 Å². The Kier molecular flexibility index (Phi) is 7.05. The van der Waals surface area contributed by atoms with Crippen LogP contribution in [0.25, 0.3) is 0 Å². The van der Waals surface area contributed by atoms with Gasteiger partial charge in [0.15, 0.2) is 8.32 Å². The molecule has 1 unspecified atom stereocenters. The molecule has 1 heterocycles. The first-order valence-electron chi connectivity index (χ1n) is 4.27. The summed E-state index contributed by atoms with van der Waals surface area (Å²) in [4.78, 5) is 0. The fourth-order valence-corrected chi connectivity index (χ4v) is 3.23. The number of rotatable bonds is 0. The van der Waals surface area contributed by atoms with Crippen LogP contribution in [0.5, 0.6) is 0 Å². The zero-order valence-corrected chi connectivity index (χ0v) is 8.31. The van der Waals surface area contributed by atoms with Crippen molar-refractivity contribution in [1.82, 2.24) is 0 Å². The molecule has 2 heteroatoms. The maximum atomic E-state index is 5.84. The minimum Gasteiger partial charge on any atom is -0.417 e. The third-order valence-electron chi connectivity index (χ3n) is 2.69. The average Bonchev–Trinajstić information content (AvgIpc) is 1.96. The Bertz CT molecular complexity index is 112. The summed E-state index contributed by atoms with van der Waals surface area (Å²) in [6.07, 6.45) is 4.04. The first-order valence-corrected chi connectivity index (χ1v) is 7.25. The standard InChI is InChI=1S/C8H18OSi.2CH4/c1-8-6-4-5-7-9-10(8,2)3;;/h8H,4-7H2,1-3H3;2*1H4. The zero-order valence-electron chi connectivity index (χ0n) is 7.31. The van der Waals surface area contributed by atoms with Gasteiger partial charge in [0.05, 0.1) is 0 Å². The van der Waals surface area contributed by atoms with Crippen LogP contribution in [0.3, 0.4) is 0 Å². The maximum Gasteiger partial charge on any atom is 0.189 e. The van der Waals surface area contributed by atoms with E-state index in [1.165, 1.54) is 19.3 Å². The van der Waals surface area contributed by atoms with E-state index in [4.69, 9.17) is 4.43 Å². The summed E-state index contributed by atoms with van der Waals surface area (Å²) in [5, 5.41) is 0. The van der Waals surface area contributed by atoms with E-state index in [1.54, 1.807) is 0 Å². The predicted molar refractivity (Wildman–Crippen MR) is 60.2 cm³/mol. The van der Waals surface area contributed by atoms with Crippen molar-refractivity contribution in [1.29, 1.82) is 0 Å². The van der Waals surface area contributed by atoms with Gasteiger partial charge in [-0.2, -0.15) is 0 Å². The predicted octanol–water partition coefficient (Wildman–Crippen LogP) is 4.05. The van der Waals surface area contributed by atoms with Gasteiger partial charge in [0.25, 0.3) is 0 Å². The molecule has 0 spiro atoms. The first-order chi connectivity index (χ1) is 4.63. The van der Waals surface area contributed by atoms with Crippen LogP contribution in [-0.2, 0) is 4.43 Å². The Morgan fingerprint density at radius 1 is 1.17 bits per heavy atom. The Morgan fingerprint density at radius 2 is 1.75 bits per heavy atom. The van der Waals surface area contributed by atoms with Gasteiger partial charge in [0, 0.05) is 6.61 Å². The summed E-state index contributed by atoms with van der Waals surface area (Å²) in [6.45, 7) is 8.03. The Balaban J connectivity index is 0. The molecule has 0 amide bonds. The molecule has 1 nitrogen and oxygen atoms in total. The fraction of sp³-hybridized carbons (Fsp3) is 1.00. The van der Waals surface area contributed by atoms with Crippen LogP contribution in [-0.4, -0.2) is 14.9 Å². The van der Waals surface area contributed by atoms with Crippen molar-refractivity contribution in [2.75, 3.05) is 6.61 Å². The van der Waals surface area contributed by atoms with Crippen molar-refractivity contribution < 1.29 is 4.43 Å². The quantitative estimate of drug-likeness (QED) is 0.524. The zero-order chi connectivity index (χ0) is 7.61. The molecule has 1 fully saturated rings. The van der Waals surface area contributed by atoms with Gasteiger partial charge >= 0.3 is 0 Å². The van der Waals surface area contributed by atoms with E-state index in [2.05, 4.69) is 20.0 Å². The van der Waals surface area contributed by atoms with Crippen molar-refractivity contribution >= 4 is 8.32 Å². The lowest BCUT2D eigenvalue weighted by Crippen LogP contribution is -2.33. The molecule has 0 aromatic rings. The second-order valence-corrected chi connectivity index (χ2v) is 8.33. The van der Waals surface area contributed by atoms with Crippen LogP contribution in [0.4, 0.5) is 0 Å². The van der Waals surface area contributed by atoms with Gasteiger partial charge in [-0.25, -0.2) is 0 Å². The molecule has 76 valence electrons. The van der Waals surface area contributed by atoms with Gasteiger partial charge < -0.3 is 4.43 Å². The highest BCUT2D eigenvalue weighted by atomic mass is 28.4. The summed E-state index contributed by atoms with van der Waals surface area (Å²) in [7, 11) is -1.24. The van der Waals surface area contributed by atoms with Gasteiger partial charge in [-0.1, -0.05) is 34.6 Å². The Hall–Kier alpha value is 0.177.